The van der Waals surface area contributed by atoms with Gasteiger partial charge in [-0.05, 0) is 48.9 Å². The zero-order chi connectivity index (χ0) is 15.3. The van der Waals surface area contributed by atoms with E-state index in [9.17, 15) is 8.42 Å². The molecule has 0 saturated heterocycles. The van der Waals surface area contributed by atoms with Crippen LogP contribution in [0.25, 0.3) is 0 Å². The molecule has 2 aromatic rings. The fourth-order valence-electron chi connectivity index (χ4n) is 1.78. The van der Waals surface area contributed by atoms with E-state index < -0.39 is 9.84 Å². The molecule has 0 amide bonds. The summed E-state index contributed by atoms with van der Waals surface area (Å²) in [6.45, 7) is 0.323. The molecule has 0 aliphatic carbocycles. The van der Waals surface area contributed by atoms with Gasteiger partial charge in [0, 0.05) is 10.7 Å². The summed E-state index contributed by atoms with van der Waals surface area (Å²) in [6, 6.07) is 13.2. The van der Waals surface area contributed by atoms with Crippen LogP contribution >= 0.6 is 11.6 Å². The molecule has 2 N–H and O–H groups in total. The Labute approximate surface area is 129 Å². The summed E-state index contributed by atoms with van der Waals surface area (Å²) >= 11 is 5.81. The molecule has 0 heterocycles. The second-order valence-corrected chi connectivity index (χ2v) is 7.09. The van der Waals surface area contributed by atoms with Crippen LogP contribution in [0.1, 0.15) is 6.42 Å². The predicted molar refractivity (Wildman–Crippen MR) is 84.5 cm³/mol. The van der Waals surface area contributed by atoms with Gasteiger partial charge in [-0.25, -0.2) is 8.42 Å². The first-order valence-electron chi connectivity index (χ1n) is 6.44. The molecule has 6 heteroatoms. The van der Waals surface area contributed by atoms with Crippen molar-refractivity contribution in [1.29, 1.82) is 0 Å². The van der Waals surface area contributed by atoms with Gasteiger partial charge in [0.1, 0.15) is 5.75 Å². The van der Waals surface area contributed by atoms with Crippen LogP contribution in [0, 0.1) is 0 Å². The molecule has 4 nitrogen and oxygen atoms in total. The number of hydrogen-bond acceptors (Lipinski definition) is 4. The average molecular weight is 326 g/mol. The molecular weight excluding hydrogens is 310 g/mol. The highest BCUT2D eigenvalue weighted by molar-refractivity contribution is 7.91. The van der Waals surface area contributed by atoms with Gasteiger partial charge in [0.25, 0.3) is 0 Å². The van der Waals surface area contributed by atoms with Crippen LogP contribution in [-0.2, 0) is 9.84 Å². The highest BCUT2D eigenvalue weighted by atomic mass is 35.5. The molecule has 0 atom stereocenters. The van der Waals surface area contributed by atoms with E-state index in [2.05, 4.69) is 0 Å². The van der Waals surface area contributed by atoms with Gasteiger partial charge in [-0.3, -0.25) is 0 Å². The SMILES string of the molecule is Nc1ccc(OCCCS(=O)(=O)c2cccc(Cl)c2)cc1. The van der Waals surface area contributed by atoms with Gasteiger partial charge >= 0.3 is 0 Å². The van der Waals surface area contributed by atoms with Crippen LogP contribution in [0.2, 0.25) is 5.02 Å². The largest absolute Gasteiger partial charge is 0.494 e. The second-order valence-electron chi connectivity index (χ2n) is 4.55. The maximum Gasteiger partial charge on any atom is 0.178 e. The third-order valence-corrected chi connectivity index (χ3v) is 4.89. The first-order chi connectivity index (χ1) is 9.97. The highest BCUT2D eigenvalue weighted by Crippen LogP contribution is 2.18. The molecule has 0 aliphatic heterocycles. The smallest absolute Gasteiger partial charge is 0.178 e. The Morgan fingerprint density at radius 3 is 2.48 bits per heavy atom. The number of nitrogens with two attached hydrogens (primary N) is 1. The Bertz CT molecular complexity index is 699. The Balaban J connectivity index is 1.86. The number of hydrogen-bond donors (Lipinski definition) is 1. The summed E-state index contributed by atoms with van der Waals surface area (Å²) in [7, 11) is -3.33. The van der Waals surface area contributed by atoms with E-state index in [-0.39, 0.29) is 10.6 Å². The quantitative estimate of drug-likeness (QED) is 0.654. The van der Waals surface area contributed by atoms with Crippen molar-refractivity contribution in [1.82, 2.24) is 0 Å². The number of nitrogen functional groups attached to an aromatic ring is 1. The van der Waals surface area contributed by atoms with Crippen molar-refractivity contribution >= 4 is 27.1 Å². The van der Waals surface area contributed by atoms with Gasteiger partial charge in [-0.15, -0.1) is 0 Å². The van der Waals surface area contributed by atoms with E-state index in [0.717, 1.165) is 0 Å². The molecule has 0 saturated carbocycles. The maximum absolute atomic E-state index is 12.1. The highest BCUT2D eigenvalue weighted by Gasteiger charge is 2.14. The molecule has 0 unspecified atom stereocenters. The lowest BCUT2D eigenvalue weighted by Crippen LogP contribution is -2.10. The van der Waals surface area contributed by atoms with E-state index in [0.29, 0.717) is 29.5 Å². The number of rotatable bonds is 6. The predicted octanol–water partition coefficient (Wildman–Crippen LogP) is 3.17. The van der Waals surface area contributed by atoms with Crippen LogP contribution < -0.4 is 10.5 Å². The molecule has 0 aliphatic rings. The van der Waals surface area contributed by atoms with Crippen molar-refractivity contribution in [3.05, 3.63) is 53.6 Å². The van der Waals surface area contributed by atoms with E-state index in [1.807, 2.05) is 0 Å². The Kier molecular flexibility index (Phi) is 5.09. The van der Waals surface area contributed by atoms with Crippen LogP contribution in [0.4, 0.5) is 5.69 Å². The molecule has 112 valence electrons. The number of sulfone groups is 1. The van der Waals surface area contributed by atoms with E-state index in [1.54, 1.807) is 42.5 Å². The monoisotopic (exact) mass is 325 g/mol. The first kappa shape index (κ1) is 15.7. The third-order valence-electron chi connectivity index (χ3n) is 2.86. The Hall–Kier alpha value is -1.72. The van der Waals surface area contributed by atoms with Crippen molar-refractivity contribution in [2.45, 2.75) is 11.3 Å². The molecular formula is C15H16ClNO3S. The summed E-state index contributed by atoms with van der Waals surface area (Å²) in [5.74, 6) is 0.687. The van der Waals surface area contributed by atoms with Gasteiger partial charge in [0.05, 0.1) is 17.3 Å². The lowest BCUT2D eigenvalue weighted by atomic mass is 10.3. The number of halogens is 1. The minimum atomic E-state index is -3.33. The van der Waals surface area contributed by atoms with Crippen molar-refractivity contribution in [2.24, 2.45) is 0 Å². The zero-order valence-electron chi connectivity index (χ0n) is 11.3. The van der Waals surface area contributed by atoms with Crippen molar-refractivity contribution < 1.29 is 13.2 Å². The van der Waals surface area contributed by atoms with Crippen molar-refractivity contribution in [3.8, 4) is 5.75 Å². The summed E-state index contributed by atoms with van der Waals surface area (Å²) in [5, 5.41) is 0.411. The summed E-state index contributed by atoms with van der Waals surface area (Å²) in [4.78, 5) is 0.238. The minimum absolute atomic E-state index is 0.0162. The molecule has 0 spiro atoms. The van der Waals surface area contributed by atoms with Gasteiger partial charge in [-0.2, -0.15) is 0 Å². The minimum Gasteiger partial charge on any atom is -0.494 e. The second kappa shape index (κ2) is 6.83. The number of anilines is 1. The fourth-order valence-corrected chi connectivity index (χ4v) is 3.36. The lowest BCUT2D eigenvalue weighted by molar-refractivity contribution is 0.317. The van der Waals surface area contributed by atoms with E-state index >= 15 is 0 Å². The van der Waals surface area contributed by atoms with E-state index in [1.165, 1.54) is 6.07 Å². The molecule has 0 radical (unpaired) electrons. The standard InChI is InChI=1S/C15H16ClNO3S/c16-12-3-1-4-15(11-12)21(18,19)10-2-9-20-14-7-5-13(17)6-8-14/h1,3-8,11H,2,9-10,17H2. The summed E-state index contributed by atoms with van der Waals surface area (Å²) < 4.78 is 29.7. The van der Waals surface area contributed by atoms with Crippen LogP contribution in [0.15, 0.2) is 53.4 Å². The van der Waals surface area contributed by atoms with Crippen molar-refractivity contribution in [3.63, 3.8) is 0 Å². The molecule has 21 heavy (non-hydrogen) atoms. The van der Waals surface area contributed by atoms with Crippen LogP contribution in [0.5, 0.6) is 5.75 Å². The summed E-state index contributed by atoms with van der Waals surface area (Å²) in [5.41, 5.74) is 6.23. The topological polar surface area (TPSA) is 69.4 Å². The van der Waals surface area contributed by atoms with Crippen molar-refractivity contribution in [2.75, 3.05) is 18.1 Å². The van der Waals surface area contributed by atoms with Gasteiger partial charge in [0.2, 0.25) is 0 Å². The zero-order valence-corrected chi connectivity index (χ0v) is 12.9. The summed E-state index contributed by atoms with van der Waals surface area (Å²) in [6.07, 6.45) is 0.402. The maximum atomic E-state index is 12.1. The van der Waals surface area contributed by atoms with Gasteiger partial charge in [0.15, 0.2) is 9.84 Å². The normalized spacial score (nSPS) is 11.3. The van der Waals surface area contributed by atoms with Gasteiger partial charge < -0.3 is 10.5 Å². The Morgan fingerprint density at radius 2 is 1.81 bits per heavy atom. The van der Waals surface area contributed by atoms with Crippen LogP contribution in [-0.4, -0.2) is 20.8 Å². The van der Waals surface area contributed by atoms with E-state index in [4.69, 9.17) is 22.1 Å². The fraction of sp³-hybridized carbons (Fsp3) is 0.200. The molecule has 2 aromatic carbocycles. The number of ether oxygens (including phenoxy) is 1. The molecule has 0 bridgehead atoms. The van der Waals surface area contributed by atoms with Gasteiger partial charge in [-0.1, -0.05) is 17.7 Å². The molecule has 2 rings (SSSR count). The molecule has 0 aromatic heterocycles. The number of benzene rings is 2. The average Bonchev–Trinajstić information content (AvgIpc) is 2.45. The third kappa shape index (κ3) is 4.65. The first-order valence-corrected chi connectivity index (χ1v) is 8.47. The molecule has 0 fully saturated rings. The Morgan fingerprint density at radius 1 is 1.10 bits per heavy atom. The van der Waals surface area contributed by atoms with Crippen LogP contribution in [0.3, 0.4) is 0 Å². The lowest BCUT2D eigenvalue weighted by Gasteiger charge is -2.07.